The van der Waals surface area contributed by atoms with Gasteiger partial charge in [-0.05, 0) is 0 Å². The Balaban J connectivity index is 1.65. The molecule has 192 valence electrons. The second-order valence-corrected chi connectivity index (χ2v) is 11.6. The number of H-pyrrole nitrogens is 1. The number of hydrogen-bond donors (Lipinski definition) is 3. The first-order valence-electron chi connectivity index (χ1n) is 12.0. The van der Waals surface area contributed by atoms with Gasteiger partial charge in [-0.1, -0.05) is 0 Å². The number of aromatic nitrogens is 2. The van der Waals surface area contributed by atoms with Gasteiger partial charge >= 0.3 is 221 Å². The van der Waals surface area contributed by atoms with E-state index in [2.05, 4.69) is 27.5 Å². The summed E-state index contributed by atoms with van der Waals surface area (Å²) in [5.41, 5.74) is 3.73. The minimum atomic E-state index is -0.686. The molecule has 3 N–H and O–H groups in total. The van der Waals surface area contributed by atoms with Crippen LogP contribution in [0.2, 0.25) is 0 Å². The van der Waals surface area contributed by atoms with Crippen LogP contribution in [0.15, 0.2) is 36.7 Å². The molecule has 3 aromatic rings. The number of nitrogens with zero attached hydrogens (tertiary/aromatic N) is 1. The SMILES string of the molecule is COc1c(F)cccc1Nc1c2[nH]c3c1C(=O)NCC3[I-]OCCC(C)CCCOc1cnccc1-2. The van der Waals surface area contributed by atoms with Crippen LogP contribution in [0.25, 0.3) is 11.3 Å². The van der Waals surface area contributed by atoms with Crippen molar-refractivity contribution in [2.75, 3.05) is 32.2 Å². The fourth-order valence-electron chi connectivity index (χ4n) is 4.54. The average molecular weight is 607 g/mol. The third kappa shape index (κ3) is 5.01. The summed E-state index contributed by atoms with van der Waals surface area (Å²) in [6.07, 6.45) is 6.35. The number of benzene rings is 1. The molecule has 0 aliphatic carbocycles. The zero-order chi connectivity index (χ0) is 25.1. The summed E-state index contributed by atoms with van der Waals surface area (Å²) in [4.78, 5) is 21.0. The molecule has 0 fully saturated rings. The van der Waals surface area contributed by atoms with Gasteiger partial charge in [0.05, 0.1) is 0 Å². The van der Waals surface area contributed by atoms with Crippen molar-refractivity contribution in [2.45, 2.75) is 30.1 Å². The number of nitrogens with one attached hydrogen (secondary N) is 3. The first-order valence-corrected chi connectivity index (χ1v) is 14.2. The molecule has 0 saturated carbocycles. The van der Waals surface area contributed by atoms with Crippen LogP contribution < -0.4 is 41.7 Å². The summed E-state index contributed by atoms with van der Waals surface area (Å²) in [6.45, 7) is 4.01. The van der Waals surface area contributed by atoms with Crippen molar-refractivity contribution < 1.29 is 43.3 Å². The second kappa shape index (κ2) is 11.0. The third-order valence-corrected chi connectivity index (χ3v) is 8.93. The Morgan fingerprint density at radius 1 is 1.25 bits per heavy atom. The molecule has 1 aromatic carbocycles. The monoisotopic (exact) mass is 607 g/mol. The summed E-state index contributed by atoms with van der Waals surface area (Å²) < 4.78 is 32.2. The first kappa shape index (κ1) is 24.8. The molecule has 2 aliphatic heterocycles. The number of methoxy groups -OCH3 is 1. The van der Waals surface area contributed by atoms with Crippen LogP contribution in [0.4, 0.5) is 15.8 Å². The van der Waals surface area contributed by atoms with E-state index in [0.717, 1.165) is 30.5 Å². The van der Waals surface area contributed by atoms with Crippen molar-refractivity contribution in [3.63, 3.8) is 0 Å². The number of rotatable bonds is 3. The van der Waals surface area contributed by atoms with E-state index in [1.54, 1.807) is 24.5 Å². The van der Waals surface area contributed by atoms with Gasteiger partial charge < -0.3 is 0 Å². The van der Waals surface area contributed by atoms with Gasteiger partial charge in [-0.3, -0.25) is 0 Å². The molecule has 2 aliphatic rings. The van der Waals surface area contributed by atoms with Gasteiger partial charge in [0.2, 0.25) is 0 Å². The number of para-hydroxylation sites is 1. The normalized spacial score (nSPS) is 20.5. The van der Waals surface area contributed by atoms with E-state index in [4.69, 9.17) is 12.5 Å². The van der Waals surface area contributed by atoms with Crippen LogP contribution in [0.1, 0.15) is 46.2 Å². The zero-order valence-electron chi connectivity index (χ0n) is 20.2. The molecule has 5 rings (SSSR count). The maximum absolute atomic E-state index is 14.5. The van der Waals surface area contributed by atoms with Gasteiger partial charge in [0.25, 0.3) is 0 Å². The Morgan fingerprint density at radius 3 is 3.00 bits per heavy atom. The third-order valence-electron chi connectivity index (χ3n) is 6.45. The molecule has 36 heavy (non-hydrogen) atoms. The minimum absolute atomic E-state index is 0.0480. The van der Waals surface area contributed by atoms with Crippen molar-refractivity contribution in [2.24, 2.45) is 5.92 Å². The van der Waals surface area contributed by atoms with Crippen molar-refractivity contribution in [1.29, 1.82) is 0 Å². The van der Waals surface area contributed by atoms with Gasteiger partial charge in [-0.15, -0.1) is 0 Å². The van der Waals surface area contributed by atoms with Gasteiger partial charge in [0, 0.05) is 0 Å². The number of alkyl halides is 1. The van der Waals surface area contributed by atoms with Crippen LogP contribution >= 0.6 is 0 Å². The summed E-state index contributed by atoms with van der Waals surface area (Å²) >= 11 is -0.686. The molecule has 2 bridgehead atoms. The molecule has 2 aromatic heterocycles. The topological polar surface area (TPSA) is 97.5 Å². The first-order chi connectivity index (χ1) is 17.6. The van der Waals surface area contributed by atoms with E-state index < -0.39 is 27.4 Å². The second-order valence-electron chi connectivity index (χ2n) is 8.95. The number of hydrogen-bond acceptors (Lipinski definition) is 6. The fourth-order valence-corrected chi connectivity index (χ4v) is 6.61. The summed E-state index contributed by atoms with van der Waals surface area (Å²) in [6, 6.07) is 6.51. The van der Waals surface area contributed by atoms with Crippen molar-refractivity contribution >= 4 is 17.3 Å². The molecule has 0 radical (unpaired) electrons. The van der Waals surface area contributed by atoms with E-state index in [9.17, 15) is 9.18 Å². The Morgan fingerprint density at radius 2 is 2.14 bits per heavy atom. The zero-order valence-corrected chi connectivity index (χ0v) is 22.4. The van der Waals surface area contributed by atoms with E-state index in [1.807, 2.05) is 6.07 Å². The van der Waals surface area contributed by atoms with Gasteiger partial charge in [-0.2, -0.15) is 0 Å². The molecule has 2 atom stereocenters. The predicted octanol–water partition coefficient (Wildman–Crippen LogP) is 1.97. The molecular weight excluding hydrogens is 578 g/mol. The maximum atomic E-state index is 14.5. The van der Waals surface area contributed by atoms with Gasteiger partial charge in [0.15, 0.2) is 0 Å². The number of carbonyl (C=O) groups excluding carboxylic acids is 1. The Bertz CT molecular complexity index is 1250. The average Bonchev–Trinajstić information content (AvgIpc) is 3.25. The molecule has 8 nitrogen and oxygen atoms in total. The van der Waals surface area contributed by atoms with Crippen molar-refractivity contribution in [3.05, 3.63) is 53.7 Å². The molecule has 1 amide bonds. The Kier molecular flexibility index (Phi) is 7.61. The summed E-state index contributed by atoms with van der Waals surface area (Å²) in [7, 11) is 1.42. The van der Waals surface area contributed by atoms with E-state index in [0.29, 0.717) is 54.1 Å². The molecule has 4 heterocycles. The van der Waals surface area contributed by atoms with E-state index >= 15 is 0 Å². The van der Waals surface area contributed by atoms with Crippen LogP contribution in [-0.2, 0) is 3.07 Å². The molecule has 10 heteroatoms. The van der Waals surface area contributed by atoms with Crippen LogP contribution in [0.3, 0.4) is 0 Å². The number of halogens is 2. The van der Waals surface area contributed by atoms with Crippen molar-refractivity contribution in [1.82, 2.24) is 15.3 Å². The molecule has 0 saturated heterocycles. The fraction of sp³-hybridized carbons (Fsp3) is 0.385. The van der Waals surface area contributed by atoms with Crippen LogP contribution in [-0.4, -0.2) is 42.7 Å². The number of pyridine rings is 1. The number of carbonyl (C=O) groups is 1. The molecular formula is C26H29FIN4O4-. The Hall–Kier alpha value is -2.86. The Labute approximate surface area is 220 Å². The van der Waals surface area contributed by atoms with E-state index in [-0.39, 0.29) is 15.6 Å². The number of ether oxygens (including phenoxy) is 2. The van der Waals surface area contributed by atoms with Crippen LogP contribution in [0, 0.1) is 11.7 Å². The molecule has 0 spiro atoms. The standard InChI is InChI=1S/C26H29FIN4O4/c1-15-5-4-11-35-20-14-29-10-8-16(20)22-24(31-19-7-3-6-17(27)25(19)34-2)21-23(32-22)18(13-30-26(21)33)28-36-12-9-15/h3,6-8,10,14-15,18,31-32H,4-5,9,11-13H2,1-2H3,(H,30,33)/q-1. The van der Waals surface area contributed by atoms with E-state index in [1.165, 1.54) is 13.2 Å². The number of amides is 1. The summed E-state index contributed by atoms with van der Waals surface area (Å²) in [5, 5.41) is 6.32. The predicted molar refractivity (Wildman–Crippen MR) is 130 cm³/mol. The van der Waals surface area contributed by atoms with Crippen molar-refractivity contribution in [3.8, 4) is 22.8 Å². The number of anilines is 2. The number of fused-ring (bicyclic) bond motifs is 3. The van der Waals surface area contributed by atoms with Gasteiger partial charge in [0.1, 0.15) is 0 Å². The quantitative estimate of drug-likeness (QED) is 0.312. The number of aromatic amines is 1. The van der Waals surface area contributed by atoms with Crippen LogP contribution in [0.5, 0.6) is 11.5 Å². The molecule has 2 unspecified atom stereocenters. The summed E-state index contributed by atoms with van der Waals surface area (Å²) in [5.74, 6) is 0.551. The van der Waals surface area contributed by atoms with Gasteiger partial charge in [-0.25, -0.2) is 0 Å².